The Balaban J connectivity index is 1.74. The van der Waals surface area contributed by atoms with E-state index in [1.54, 1.807) is 0 Å². The van der Waals surface area contributed by atoms with Crippen LogP contribution in [0.3, 0.4) is 0 Å². The van der Waals surface area contributed by atoms with Crippen molar-refractivity contribution in [2.24, 2.45) is 34.5 Å². The zero-order valence-electron chi connectivity index (χ0n) is 14.9. The standard InChI is InChI=1S/C21H30O2/c1-4-13-11-15(22)12-14-5-6-16-17-7-8-19(23)20(17,2)10-9-18(16)21(13,14)3/h12-13,16-18H,4-11H2,1-3H3/t13-,16-,17-,18-,20-,21-/m0/s1. The van der Waals surface area contributed by atoms with E-state index >= 15 is 0 Å². The average Bonchev–Trinajstić information content (AvgIpc) is 2.83. The van der Waals surface area contributed by atoms with E-state index in [4.69, 9.17) is 0 Å². The Morgan fingerprint density at radius 3 is 2.61 bits per heavy atom. The zero-order valence-corrected chi connectivity index (χ0v) is 14.9. The minimum absolute atomic E-state index is 0.0368. The highest BCUT2D eigenvalue weighted by atomic mass is 16.1. The van der Waals surface area contributed by atoms with Gasteiger partial charge in [0.1, 0.15) is 5.78 Å². The van der Waals surface area contributed by atoms with Gasteiger partial charge in [0.15, 0.2) is 5.78 Å². The van der Waals surface area contributed by atoms with E-state index in [2.05, 4.69) is 20.8 Å². The van der Waals surface area contributed by atoms with Crippen molar-refractivity contribution in [3.05, 3.63) is 11.6 Å². The molecule has 0 bridgehead atoms. The third-order valence-electron chi connectivity index (χ3n) is 8.48. The second-order valence-corrected chi connectivity index (χ2v) is 9.06. The molecule has 0 aliphatic heterocycles. The number of ketones is 2. The maximum absolute atomic E-state index is 12.5. The first-order valence-corrected chi connectivity index (χ1v) is 9.68. The summed E-state index contributed by atoms with van der Waals surface area (Å²) < 4.78 is 0. The molecule has 0 radical (unpaired) electrons. The van der Waals surface area contributed by atoms with Gasteiger partial charge in [-0.15, -0.1) is 0 Å². The Hall–Kier alpha value is -0.920. The molecule has 3 fully saturated rings. The van der Waals surface area contributed by atoms with Gasteiger partial charge < -0.3 is 0 Å². The van der Waals surface area contributed by atoms with Gasteiger partial charge in [0, 0.05) is 18.3 Å². The fraction of sp³-hybridized carbons (Fsp3) is 0.810. The first-order chi connectivity index (χ1) is 10.9. The lowest BCUT2D eigenvalue weighted by molar-refractivity contribution is -0.134. The van der Waals surface area contributed by atoms with Crippen LogP contribution in [0.15, 0.2) is 11.6 Å². The molecular weight excluding hydrogens is 284 g/mol. The Kier molecular flexibility index (Phi) is 3.42. The van der Waals surface area contributed by atoms with Gasteiger partial charge in [0.2, 0.25) is 0 Å². The van der Waals surface area contributed by atoms with Gasteiger partial charge in [0.25, 0.3) is 0 Å². The number of hydrogen-bond acceptors (Lipinski definition) is 2. The largest absolute Gasteiger partial charge is 0.299 e. The molecule has 0 N–H and O–H groups in total. The highest BCUT2D eigenvalue weighted by Gasteiger charge is 2.60. The molecule has 0 heterocycles. The number of allylic oxidation sites excluding steroid dienone is 1. The van der Waals surface area contributed by atoms with Crippen LogP contribution < -0.4 is 0 Å². The molecule has 6 atom stereocenters. The van der Waals surface area contributed by atoms with Crippen LogP contribution in [0, 0.1) is 34.5 Å². The van der Waals surface area contributed by atoms with Crippen molar-refractivity contribution in [1.82, 2.24) is 0 Å². The van der Waals surface area contributed by atoms with Gasteiger partial charge in [-0.05, 0) is 67.3 Å². The fourth-order valence-electron chi connectivity index (χ4n) is 7.10. The van der Waals surface area contributed by atoms with Crippen LogP contribution in [0.2, 0.25) is 0 Å². The van der Waals surface area contributed by atoms with Crippen LogP contribution in [0.5, 0.6) is 0 Å². The molecule has 2 nitrogen and oxygen atoms in total. The molecule has 0 spiro atoms. The molecule has 4 aliphatic rings. The van der Waals surface area contributed by atoms with Crippen LogP contribution >= 0.6 is 0 Å². The van der Waals surface area contributed by atoms with Crippen molar-refractivity contribution in [3.8, 4) is 0 Å². The number of Topliss-reactive ketones (excluding diaryl/α,β-unsaturated/α-hetero) is 1. The quantitative estimate of drug-likeness (QED) is 0.701. The van der Waals surface area contributed by atoms with E-state index in [1.165, 1.54) is 18.4 Å². The number of fused-ring (bicyclic) bond motifs is 5. The Morgan fingerprint density at radius 1 is 1.09 bits per heavy atom. The number of carbonyl (C=O) groups is 2. The summed E-state index contributed by atoms with van der Waals surface area (Å²) in [6.07, 6.45) is 10.3. The monoisotopic (exact) mass is 314 g/mol. The molecule has 2 heteroatoms. The van der Waals surface area contributed by atoms with Gasteiger partial charge in [-0.1, -0.05) is 32.8 Å². The van der Waals surface area contributed by atoms with Crippen molar-refractivity contribution < 1.29 is 9.59 Å². The lowest BCUT2D eigenvalue weighted by Gasteiger charge is -2.59. The SMILES string of the molecule is CC[C@H]1CC(=O)C=C2CC[C@@H]3[C@H](CC[C@]4(C)C(=O)CC[C@@H]34)[C@]21C. The Labute approximate surface area is 140 Å². The zero-order chi connectivity index (χ0) is 16.4. The predicted octanol–water partition coefficient (Wildman–Crippen LogP) is 4.72. The second kappa shape index (κ2) is 5.04. The molecule has 0 saturated heterocycles. The third-order valence-corrected chi connectivity index (χ3v) is 8.48. The number of carbonyl (C=O) groups excluding carboxylic acids is 2. The smallest absolute Gasteiger partial charge is 0.155 e. The van der Waals surface area contributed by atoms with Crippen molar-refractivity contribution >= 4 is 11.6 Å². The highest BCUT2D eigenvalue weighted by Crippen LogP contribution is 2.65. The van der Waals surface area contributed by atoms with Gasteiger partial charge in [-0.3, -0.25) is 9.59 Å². The van der Waals surface area contributed by atoms with Crippen molar-refractivity contribution in [3.63, 3.8) is 0 Å². The van der Waals surface area contributed by atoms with Crippen LogP contribution in [0.25, 0.3) is 0 Å². The molecule has 0 amide bonds. The Morgan fingerprint density at radius 2 is 1.87 bits per heavy atom. The molecular formula is C21H30O2. The molecule has 0 aromatic heterocycles. The van der Waals surface area contributed by atoms with Crippen LogP contribution in [0.4, 0.5) is 0 Å². The predicted molar refractivity (Wildman–Crippen MR) is 90.9 cm³/mol. The topological polar surface area (TPSA) is 34.1 Å². The molecule has 0 aromatic rings. The lowest BCUT2D eigenvalue weighted by Crippen LogP contribution is -2.53. The van der Waals surface area contributed by atoms with Crippen molar-refractivity contribution in [2.45, 2.75) is 72.1 Å². The van der Waals surface area contributed by atoms with Crippen molar-refractivity contribution in [2.75, 3.05) is 0 Å². The normalized spacial score (nSPS) is 49.3. The van der Waals surface area contributed by atoms with Gasteiger partial charge in [-0.2, -0.15) is 0 Å². The first kappa shape index (κ1) is 15.6. The molecule has 23 heavy (non-hydrogen) atoms. The fourth-order valence-corrected chi connectivity index (χ4v) is 7.10. The minimum atomic E-state index is -0.0368. The molecule has 3 saturated carbocycles. The molecule has 126 valence electrons. The van der Waals surface area contributed by atoms with Crippen LogP contribution in [-0.4, -0.2) is 11.6 Å². The van der Waals surface area contributed by atoms with Crippen LogP contribution in [-0.2, 0) is 9.59 Å². The highest BCUT2D eigenvalue weighted by molar-refractivity contribution is 5.92. The average molecular weight is 314 g/mol. The summed E-state index contributed by atoms with van der Waals surface area (Å²) in [6.45, 7) is 6.95. The summed E-state index contributed by atoms with van der Waals surface area (Å²) in [5.74, 6) is 3.36. The lowest BCUT2D eigenvalue weighted by atomic mass is 9.45. The summed E-state index contributed by atoms with van der Waals surface area (Å²) in [6, 6.07) is 0. The number of hydrogen-bond donors (Lipinski definition) is 0. The summed E-state index contributed by atoms with van der Waals surface area (Å²) in [4.78, 5) is 24.6. The first-order valence-electron chi connectivity index (χ1n) is 9.68. The van der Waals surface area contributed by atoms with E-state index in [1.807, 2.05) is 6.08 Å². The van der Waals surface area contributed by atoms with E-state index in [0.29, 0.717) is 35.2 Å². The van der Waals surface area contributed by atoms with E-state index in [-0.39, 0.29) is 10.8 Å². The summed E-state index contributed by atoms with van der Waals surface area (Å²) in [5, 5.41) is 0. The van der Waals surface area contributed by atoms with Gasteiger partial charge >= 0.3 is 0 Å². The van der Waals surface area contributed by atoms with E-state index < -0.39 is 0 Å². The van der Waals surface area contributed by atoms with Crippen molar-refractivity contribution in [1.29, 1.82) is 0 Å². The van der Waals surface area contributed by atoms with E-state index in [0.717, 1.165) is 38.5 Å². The molecule has 4 aliphatic carbocycles. The van der Waals surface area contributed by atoms with Crippen LogP contribution in [0.1, 0.15) is 72.1 Å². The second-order valence-electron chi connectivity index (χ2n) is 9.06. The summed E-state index contributed by atoms with van der Waals surface area (Å²) >= 11 is 0. The molecule has 4 rings (SSSR count). The van der Waals surface area contributed by atoms with E-state index in [9.17, 15) is 9.59 Å². The third kappa shape index (κ3) is 1.93. The number of rotatable bonds is 1. The van der Waals surface area contributed by atoms with Gasteiger partial charge in [0.05, 0.1) is 0 Å². The maximum Gasteiger partial charge on any atom is 0.155 e. The summed E-state index contributed by atoms with van der Waals surface area (Å²) in [5.41, 5.74) is 1.61. The minimum Gasteiger partial charge on any atom is -0.299 e. The maximum atomic E-state index is 12.5. The molecule has 0 unspecified atom stereocenters. The van der Waals surface area contributed by atoms with Gasteiger partial charge in [-0.25, -0.2) is 0 Å². The molecule has 0 aromatic carbocycles. The summed E-state index contributed by atoms with van der Waals surface area (Å²) in [7, 11) is 0. The Bertz CT molecular complexity index is 589.